The fraction of sp³-hybridized carbons (Fsp3) is 0.391. The van der Waals surface area contributed by atoms with E-state index >= 15 is 0 Å². The third-order valence-electron chi connectivity index (χ3n) is 5.62. The zero-order chi connectivity index (χ0) is 23.4. The van der Waals surface area contributed by atoms with Crippen LogP contribution in [-0.4, -0.2) is 41.5 Å². The lowest BCUT2D eigenvalue weighted by Crippen LogP contribution is -2.30. The zero-order valence-electron chi connectivity index (χ0n) is 18.3. The van der Waals surface area contributed by atoms with E-state index in [1.165, 1.54) is 37.6 Å². The second kappa shape index (κ2) is 9.88. The Bertz CT molecular complexity index is 1200. The highest BCUT2D eigenvalue weighted by atomic mass is 32.2. The number of sulfone groups is 1. The lowest BCUT2D eigenvalue weighted by molar-refractivity contribution is -0.130. The Hall–Kier alpha value is -2.98. The van der Waals surface area contributed by atoms with E-state index < -0.39 is 21.4 Å². The number of amides is 1. The van der Waals surface area contributed by atoms with Crippen LogP contribution in [0.3, 0.4) is 0 Å². The minimum atomic E-state index is -3.96. The molecular weight excluding hydrogens is 449 g/mol. The Balaban J connectivity index is 1.65. The van der Waals surface area contributed by atoms with Crippen molar-refractivity contribution < 1.29 is 26.8 Å². The fourth-order valence-electron chi connectivity index (χ4n) is 3.90. The molecule has 2 aromatic heterocycles. The van der Waals surface area contributed by atoms with Gasteiger partial charge < -0.3 is 18.6 Å². The molecule has 3 aromatic rings. The maximum Gasteiger partial charge on any atom is 0.228 e. The minimum Gasteiger partial charge on any atom is -0.467 e. The van der Waals surface area contributed by atoms with E-state index in [1.807, 2.05) is 0 Å². The van der Waals surface area contributed by atoms with Gasteiger partial charge in [-0.25, -0.2) is 17.8 Å². The van der Waals surface area contributed by atoms with Gasteiger partial charge >= 0.3 is 0 Å². The van der Waals surface area contributed by atoms with Gasteiger partial charge in [0.05, 0.1) is 49.6 Å². The molecule has 10 heteroatoms. The van der Waals surface area contributed by atoms with Crippen molar-refractivity contribution in [1.82, 2.24) is 14.5 Å². The molecule has 0 unspecified atom stereocenters. The summed E-state index contributed by atoms with van der Waals surface area (Å²) in [6.07, 6.45) is 4.53. The number of hydrogen-bond donors (Lipinski definition) is 0. The van der Waals surface area contributed by atoms with Crippen molar-refractivity contribution in [2.45, 2.75) is 56.4 Å². The highest BCUT2D eigenvalue weighted by molar-refractivity contribution is 7.90. The normalized spacial score (nSPS) is 16.2. The zero-order valence-corrected chi connectivity index (χ0v) is 19.1. The summed E-state index contributed by atoms with van der Waals surface area (Å²) in [7, 11) is -3.96. The Labute approximate surface area is 191 Å². The van der Waals surface area contributed by atoms with Crippen LogP contribution in [0.4, 0.5) is 4.39 Å². The largest absolute Gasteiger partial charge is 0.467 e. The Morgan fingerprint density at radius 3 is 2.73 bits per heavy atom. The number of halogens is 1. The first-order valence-electron chi connectivity index (χ1n) is 10.7. The van der Waals surface area contributed by atoms with Crippen LogP contribution < -0.4 is 0 Å². The van der Waals surface area contributed by atoms with Gasteiger partial charge in [-0.15, -0.1) is 0 Å². The van der Waals surface area contributed by atoms with Crippen molar-refractivity contribution in [2.24, 2.45) is 0 Å². The second-order valence-corrected chi connectivity index (χ2v) is 9.97. The number of carbonyl (C=O) groups is 1. The summed E-state index contributed by atoms with van der Waals surface area (Å²) < 4.78 is 53.3. The van der Waals surface area contributed by atoms with Crippen LogP contribution in [0.1, 0.15) is 36.8 Å². The number of furan rings is 1. The van der Waals surface area contributed by atoms with Gasteiger partial charge in [-0.2, -0.15) is 0 Å². The van der Waals surface area contributed by atoms with Gasteiger partial charge in [0.15, 0.2) is 0 Å². The van der Waals surface area contributed by atoms with Crippen molar-refractivity contribution in [2.75, 3.05) is 6.61 Å². The molecule has 4 rings (SSSR count). The van der Waals surface area contributed by atoms with Crippen LogP contribution in [0, 0.1) is 5.82 Å². The molecule has 33 heavy (non-hydrogen) atoms. The van der Waals surface area contributed by atoms with Crippen molar-refractivity contribution in [1.29, 1.82) is 0 Å². The topological polar surface area (TPSA) is 94.6 Å². The molecule has 3 heterocycles. The maximum atomic E-state index is 14.1. The van der Waals surface area contributed by atoms with Crippen LogP contribution in [0.25, 0.3) is 0 Å². The summed E-state index contributed by atoms with van der Waals surface area (Å²) in [6, 6.07) is 9.29. The lowest BCUT2D eigenvalue weighted by atomic mass is 10.2. The highest BCUT2D eigenvalue weighted by Gasteiger charge is 2.28. The van der Waals surface area contributed by atoms with E-state index in [0.717, 1.165) is 12.8 Å². The number of aromatic nitrogens is 2. The molecule has 1 aliphatic heterocycles. The van der Waals surface area contributed by atoms with E-state index in [2.05, 4.69) is 4.98 Å². The fourth-order valence-corrected chi connectivity index (χ4v) is 5.42. The predicted octanol–water partition coefficient (Wildman–Crippen LogP) is 3.32. The van der Waals surface area contributed by atoms with Gasteiger partial charge in [0.25, 0.3) is 0 Å². The Morgan fingerprint density at radius 1 is 1.24 bits per heavy atom. The van der Waals surface area contributed by atoms with Crippen LogP contribution >= 0.6 is 0 Å². The average Bonchev–Trinajstić information content (AvgIpc) is 3.53. The molecule has 8 nitrogen and oxygen atoms in total. The first-order chi connectivity index (χ1) is 15.8. The van der Waals surface area contributed by atoms with Gasteiger partial charge in [-0.3, -0.25) is 4.79 Å². The van der Waals surface area contributed by atoms with E-state index in [9.17, 15) is 17.6 Å². The standard InChI is InChI=1S/C23H26FN3O5S/c1-17(28)26(14-20-7-4-10-31-20)13-19-12-25-23(27(19)15-21-8-5-11-32-21)33(29,30)16-18-6-2-3-9-22(18)24/h2-4,6-7,9-10,12,21H,5,8,11,13-16H2,1H3/t21-/m0/s1. The molecule has 0 N–H and O–H groups in total. The van der Waals surface area contributed by atoms with E-state index in [0.29, 0.717) is 18.1 Å². The van der Waals surface area contributed by atoms with Gasteiger partial charge in [0.2, 0.25) is 20.9 Å². The van der Waals surface area contributed by atoms with E-state index in [4.69, 9.17) is 9.15 Å². The molecule has 1 amide bonds. The number of rotatable bonds is 9. The summed E-state index contributed by atoms with van der Waals surface area (Å²) in [6.45, 7) is 2.73. The Morgan fingerprint density at radius 2 is 2.06 bits per heavy atom. The SMILES string of the molecule is CC(=O)N(Cc1ccco1)Cc1cnc(S(=O)(=O)Cc2ccccc2F)n1C[C@@H]1CCCO1. The van der Waals surface area contributed by atoms with Gasteiger partial charge in [0.1, 0.15) is 11.6 Å². The second-order valence-electron chi connectivity index (χ2n) is 8.08. The summed E-state index contributed by atoms with van der Waals surface area (Å²) in [5.41, 5.74) is 0.633. The molecule has 0 bridgehead atoms. The van der Waals surface area contributed by atoms with Gasteiger partial charge in [0, 0.05) is 19.1 Å². The number of imidazole rings is 1. The molecule has 1 saturated heterocycles. The van der Waals surface area contributed by atoms with Crippen LogP contribution in [0.15, 0.2) is 58.4 Å². The van der Waals surface area contributed by atoms with Crippen LogP contribution in [0.5, 0.6) is 0 Å². The molecule has 1 fully saturated rings. The first kappa shape index (κ1) is 23.2. The third kappa shape index (κ3) is 5.51. The monoisotopic (exact) mass is 475 g/mol. The van der Waals surface area contributed by atoms with Crippen molar-refractivity contribution in [3.05, 3.63) is 71.7 Å². The number of carbonyl (C=O) groups excluding carboxylic acids is 1. The smallest absolute Gasteiger partial charge is 0.228 e. The molecule has 0 aliphatic carbocycles. The number of nitrogens with zero attached hydrogens (tertiary/aromatic N) is 3. The molecule has 0 saturated carbocycles. The quantitative estimate of drug-likeness (QED) is 0.471. The number of hydrogen-bond acceptors (Lipinski definition) is 6. The molecule has 1 aliphatic rings. The van der Waals surface area contributed by atoms with Gasteiger partial charge in [-0.05, 0) is 31.0 Å². The lowest BCUT2D eigenvalue weighted by Gasteiger charge is -2.22. The van der Waals surface area contributed by atoms with E-state index in [1.54, 1.807) is 27.7 Å². The summed E-state index contributed by atoms with van der Waals surface area (Å²) in [5.74, 6) is -0.667. The predicted molar refractivity (Wildman–Crippen MR) is 117 cm³/mol. The molecular formula is C23H26FN3O5S. The van der Waals surface area contributed by atoms with Crippen molar-refractivity contribution in [3.8, 4) is 0 Å². The third-order valence-corrected chi connectivity index (χ3v) is 7.19. The molecule has 0 radical (unpaired) electrons. The van der Waals surface area contributed by atoms with Gasteiger partial charge in [-0.1, -0.05) is 18.2 Å². The number of ether oxygens (including phenoxy) is 1. The van der Waals surface area contributed by atoms with Crippen LogP contribution in [-0.2, 0) is 44.8 Å². The maximum absolute atomic E-state index is 14.1. The van der Waals surface area contributed by atoms with Crippen molar-refractivity contribution >= 4 is 15.7 Å². The molecule has 176 valence electrons. The molecule has 1 aromatic carbocycles. The average molecular weight is 476 g/mol. The Kier molecular flexibility index (Phi) is 6.94. The van der Waals surface area contributed by atoms with E-state index in [-0.39, 0.29) is 42.4 Å². The highest BCUT2D eigenvalue weighted by Crippen LogP contribution is 2.23. The first-order valence-corrected chi connectivity index (χ1v) is 12.4. The number of benzene rings is 1. The summed E-state index contributed by atoms with van der Waals surface area (Å²) in [4.78, 5) is 18.0. The molecule has 1 atom stereocenters. The van der Waals surface area contributed by atoms with Crippen LogP contribution in [0.2, 0.25) is 0 Å². The molecule has 0 spiro atoms. The van der Waals surface area contributed by atoms with Crippen molar-refractivity contribution in [3.63, 3.8) is 0 Å². The summed E-state index contributed by atoms with van der Waals surface area (Å²) >= 11 is 0. The minimum absolute atomic E-state index is 0.0777. The summed E-state index contributed by atoms with van der Waals surface area (Å²) in [5, 5.41) is -0.155.